The van der Waals surface area contributed by atoms with Gasteiger partial charge in [0.05, 0.1) is 0 Å². The predicted octanol–water partition coefficient (Wildman–Crippen LogP) is 2.29. The number of rotatable bonds is 2. The number of hydrogen-bond donors (Lipinski definition) is 0. The van der Waals surface area contributed by atoms with Crippen LogP contribution in [0.25, 0.3) is 6.08 Å². The maximum atomic E-state index is 10.9. The average molecular weight is 208 g/mol. The molecule has 1 rings (SSSR count). The van der Waals surface area contributed by atoms with Crippen LogP contribution in [0.5, 0.6) is 0 Å². The summed E-state index contributed by atoms with van der Waals surface area (Å²) in [6, 6.07) is 10.7. The van der Waals surface area contributed by atoms with E-state index >= 15 is 0 Å². The molecule has 0 bridgehead atoms. The van der Waals surface area contributed by atoms with E-state index in [0.717, 1.165) is 5.56 Å². The van der Waals surface area contributed by atoms with E-state index in [9.17, 15) is 4.79 Å². The van der Waals surface area contributed by atoms with Gasteiger partial charge in [0.2, 0.25) is 0 Å². The van der Waals surface area contributed by atoms with Gasteiger partial charge in [-0.2, -0.15) is 5.26 Å². The molecule has 0 spiro atoms. The Morgan fingerprint density at radius 3 is 2.57 bits per heavy atom. The molecule has 4 heteroatoms. The van der Waals surface area contributed by atoms with Gasteiger partial charge in [-0.05, 0) is 11.6 Å². The van der Waals surface area contributed by atoms with Gasteiger partial charge in [0.1, 0.15) is 23.5 Å². The van der Waals surface area contributed by atoms with Gasteiger partial charge in [-0.1, -0.05) is 30.3 Å². The highest BCUT2D eigenvalue weighted by Crippen LogP contribution is 2.07. The first-order chi connectivity index (χ1) is 6.77. The highest BCUT2D eigenvalue weighted by molar-refractivity contribution is 6.17. The summed E-state index contributed by atoms with van der Waals surface area (Å²) in [7, 11) is 0. The number of halogens is 1. The first kappa shape index (κ1) is 10.3. The van der Waals surface area contributed by atoms with Crippen LogP contribution in [0.15, 0.2) is 35.9 Å². The molecule has 0 aromatic heterocycles. The Morgan fingerprint density at radius 1 is 1.43 bits per heavy atom. The van der Waals surface area contributed by atoms with Crippen LogP contribution in [-0.2, 0) is 9.08 Å². The van der Waals surface area contributed by atoms with E-state index < -0.39 is 5.97 Å². The number of benzene rings is 1. The monoisotopic (exact) mass is 207 g/mol. The molecule has 0 unspecified atom stereocenters. The third-order valence-electron chi connectivity index (χ3n) is 1.52. The molecule has 0 aliphatic heterocycles. The quantitative estimate of drug-likeness (QED) is 0.552. The topological polar surface area (TPSA) is 50.1 Å². The molecule has 3 nitrogen and oxygen atoms in total. The molecular weight excluding hydrogens is 202 g/mol. The van der Waals surface area contributed by atoms with E-state index in [1.54, 1.807) is 30.3 Å². The van der Waals surface area contributed by atoms with E-state index in [1.165, 1.54) is 6.08 Å². The van der Waals surface area contributed by atoms with Crippen LogP contribution in [0.2, 0.25) is 0 Å². The third kappa shape index (κ3) is 2.61. The van der Waals surface area contributed by atoms with E-state index in [-0.39, 0.29) is 5.57 Å². The number of carbonyl (C=O) groups excluding carboxylic acids is 1. The van der Waals surface area contributed by atoms with Crippen molar-refractivity contribution in [2.24, 2.45) is 0 Å². The molecule has 0 amide bonds. The molecule has 0 atom stereocenters. The maximum absolute atomic E-state index is 10.9. The van der Waals surface area contributed by atoms with Gasteiger partial charge in [0, 0.05) is 0 Å². The van der Waals surface area contributed by atoms with Gasteiger partial charge in [-0.15, -0.1) is 0 Å². The Bertz CT molecular complexity index is 392. The summed E-state index contributed by atoms with van der Waals surface area (Å²) in [6.07, 6.45) is 1.41. The Labute approximate surface area is 86.3 Å². The minimum Gasteiger partial charge on any atom is -0.343 e. The zero-order valence-electron chi connectivity index (χ0n) is 7.11. The van der Waals surface area contributed by atoms with Gasteiger partial charge in [0.25, 0.3) is 0 Å². The van der Waals surface area contributed by atoms with Gasteiger partial charge < -0.3 is 4.29 Å². The molecule has 0 heterocycles. The van der Waals surface area contributed by atoms with Crippen LogP contribution in [0.3, 0.4) is 0 Å². The minimum absolute atomic E-state index is 0.133. The summed E-state index contributed by atoms with van der Waals surface area (Å²) < 4.78 is 3.92. The molecule has 0 fully saturated rings. The lowest BCUT2D eigenvalue weighted by atomic mass is 10.1. The first-order valence-electron chi connectivity index (χ1n) is 3.77. The summed E-state index contributed by atoms with van der Waals surface area (Å²) in [4.78, 5) is 10.9. The van der Waals surface area contributed by atoms with Crippen molar-refractivity contribution in [3.05, 3.63) is 41.5 Å². The van der Waals surface area contributed by atoms with Gasteiger partial charge in [-0.25, -0.2) is 4.79 Å². The van der Waals surface area contributed by atoms with E-state index in [2.05, 4.69) is 4.29 Å². The van der Waals surface area contributed by atoms with Crippen LogP contribution >= 0.6 is 11.9 Å². The number of hydrogen-bond acceptors (Lipinski definition) is 3. The fourth-order valence-electron chi connectivity index (χ4n) is 0.894. The molecular formula is C10H6ClNO2. The summed E-state index contributed by atoms with van der Waals surface area (Å²) in [6.45, 7) is 0. The SMILES string of the molecule is N#CC(=Cc1ccccc1)C(=O)OCl. The van der Waals surface area contributed by atoms with E-state index in [4.69, 9.17) is 17.1 Å². The van der Waals surface area contributed by atoms with Crippen LogP contribution < -0.4 is 0 Å². The molecule has 0 radical (unpaired) electrons. The van der Waals surface area contributed by atoms with Crippen molar-refractivity contribution in [1.29, 1.82) is 5.26 Å². The molecule has 14 heavy (non-hydrogen) atoms. The van der Waals surface area contributed by atoms with Crippen molar-refractivity contribution in [3.8, 4) is 6.07 Å². The Kier molecular flexibility index (Phi) is 3.71. The summed E-state index contributed by atoms with van der Waals surface area (Å²) in [5.74, 6) is -0.849. The fourth-order valence-corrected chi connectivity index (χ4v) is 0.977. The zero-order valence-corrected chi connectivity index (χ0v) is 7.86. The summed E-state index contributed by atoms with van der Waals surface area (Å²) in [5.41, 5.74) is 0.609. The number of nitriles is 1. The number of nitrogens with zero attached hydrogens (tertiary/aromatic N) is 1. The summed E-state index contributed by atoms with van der Waals surface area (Å²) >= 11 is 4.85. The van der Waals surface area contributed by atoms with Crippen molar-refractivity contribution < 1.29 is 9.08 Å². The van der Waals surface area contributed by atoms with E-state index in [1.807, 2.05) is 6.07 Å². The zero-order chi connectivity index (χ0) is 10.4. The molecule has 0 aliphatic rings. The lowest BCUT2D eigenvalue weighted by Gasteiger charge is -1.94. The van der Waals surface area contributed by atoms with Crippen molar-refractivity contribution in [2.75, 3.05) is 0 Å². The second-order valence-electron chi connectivity index (χ2n) is 2.45. The van der Waals surface area contributed by atoms with Crippen LogP contribution in [0.1, 0.15) is 5.56 Å². The van der Waals surface area contributed by atoms with Crippen molar-refractivity contribution in [2.45, 2.75) is 0 Å². The van der Waals surface area contributed by atoms with Crippen LogP contribution in [0.4, 0.5) is 0 Å². The lowest BCUT2D eigenvalue weighted by Crippen LogP contribution is -1.99. The molecule has 0 aliphatic carbocycles. The number of carbonyl (C=O) groups is 1. The molecule has 0 N–H and O–H groups in total. The smallest absolute Gasteiger partial charge is 0.343 e. The summed E-state index contributed by atoms with van der Waals surface area (Å²) in [5, 5.41) is 8.61. The largest absolute Gasteiger partial charge is 0.366 e. The van der Waals surface area contributed by atoms with Crippen molar-refractivity contribution in [1.82, 2.24) is 0 Å². The van der Waals surface area contributed by atoms with Crippen molar-refractivity contribution >= 4 is 23.9 Å². The second kappa shape index (κ2) is 5.05. The maximum Gasteiger partial charge on any atom is 0.366 e. The van der Waals surface area contributed by atoms with Crippen LogP contribution in [-0.4, -0.2) is 5.97 Å². The predicted molar refractivity (Wildman–Crippen MR) is 52.0 cm³/mol. The molecule has 1 aromatic carbocycles. The van der Waals surface area contributed by atoms with Gasteiger partial charge >= 0.3 is 5.97 Å². The third-order valence-corrected chi connectivity index (χ3v) is 1.66. The lowest BCUT2D eigenvalue weighted by molar-refractivity contribution is -0.129. The average Bonchev–Trinajstić information content (AvgIpc) is 2.26. The van der Waals surface area contributed by atoms with E-state index in [0.29, 0.717) is 0 Å². The normalized spacial score (nSPS) is 10.4. The van der Waals surface area contributed by atoms with Gasteiger partial charge in [0.15, 0.2) is 0 Å². The highest BCUT2D eigenvalue weighted by Gasteiger charge is 2.09. The van der Waals surface area contributed by atoms with Gasteiger partial charge in [-0.3, -0.25) is 0 Å². The fraction of sp³-hybridized carbons (Fsp3) is 0. The minimum atomic E-state index is -0.849. The second-order valence-corrected chi connectivity index (χ2v) is 2.60. The van der Waals surface area contributed by atoms with Crippen LogP contribution in [0, 0.1) is 11.3 Å². The Morgan fingerprint density at radius 2 is 2.07 bits per heavy atom. The molecule has 1 aromatic rings. The molecule has 70 valence electrons. The molecule has 0 saturated heterocycles. The Hall–Kier alpha value is -1.79. The Balaban J connectivity index is 2.97. The molecule has 0 saturated carbocycles. The van der Waals surface area contributed by atoms with Crippen molar-refractivity contribution in [3.63, 3.8) is 0 Å². The standard InChI is InChI=1S/C10H6ClNO2/c11-14-10(13)9(7-12)6-8-4-2-1-3-5-8/h1-6H. The highest BCUT2D eigenvalue weighted by atomic mass is 35.5. The first-order valence-corrected chi connectivity index (χ1v) is 4.08.